The van der Waals surface area contributed by atoms with Crippen molar-refractivity contribution in [2.75, 3.05) is 12.8 Å². The molecule has 0 radical (unpaired) electrons. The van der Waals surface area contributed by atoms with E-state index in [1.807, 2.05) is 56.3 Å². The molecule has 1 aromatic heterocycles. The first-order valence-corrected chi connectivity index (χ1v) is 7.04. The van der Waals surface area contributed by atoms with Gasteiger partial charge in [-0.15, -0.1) is 5.10 Å². The van der Waals surface area contributed by atoms with Crippen molar-refractivity contribution in [3.8, 4) is 22.7 Å². The van der Waals surface area contributed by atoms with E-state index in [9.17, 15) is 0 Å². The lowest BCUT2D eigenvalue weighted by atomic mass is 10.1. The molecule has 0 unspecified atom stereocenters. The number of anilines is 1. The zero-order chi connectivity index (χ0) is 15.7. The van der Waals surface area contributed by atoms with E-state index < -0.39 is 0 Å². The summed E-state index contributed by atoms with van der Waals surface area (Å²) < 4.78 is 7.07. The smallest absolute Gasteiger partial charge is 0.156 e. The Kier molecular flexibility index (Phi) is 3.55. The Balaban J connectivity index is 2.18. The molecule has 2 N–H and O–H groups in total. The average molecular weight is 294 g/mol. The van der Waals surface area contributed by atoms with Crippen LogP contribution in [0.25, 0.3) is 16.9 Å². The Bertz CT molecular complexity index is 803. The van der Waals surface area contributed by atoms with E-state index in [0.29, 0.717) is 11.5 Å². The zero-order valence-corrected chi connectivity index (χ0v) is 12.9. The summed E-state index contributed by atoms with van der Waals surface area (Å²) in [6, 6.07) is 13.7. The monoisotopic (exact) mass is 294 g/mol. The summed E-state index contributed by atoms with van der Waals surface area (Å²) in [5, 5.41) is 8.51. The third kappa shape index (κ3) is 2.20. The van der Waals surface area contributed by atoms with Crippen molar-refractivity contribution in [2.24, 2.45) is 0 Å². The number of rotatable bonds is 3. The number of nitrogen functional groups attached to an aromatic ring is 1. The molecule has 0 aliphatic carbocycles. The Morgan fingerprint density at radius 3 is 2.36 bits per heavy atom. The normalized spacial score (nSPS) is 10.7. The van der Waals surface area contributed by atoms with Crippen molar-refractivity contribution < 1.29 is 4.74 Å². The van der Waals surface area contributed by atoms with Crippen molar-refractivity contribution >= 4 is 5.82 Å². The molecular formula is C17H18N4O. The quantitative estimate of drug-likeness (QED) is 0.806. The fraction of sp³-hybridized carbons (Fsp3) is 0.176. The van der Waals surface area contributed by atoms with E-state index in [2.05, 4.69) is 10.3 Å². The van der Waals surface area contributed by atoms with Gasteiger partial charge in [-0.1, -0.05) is 35.5 Å². The summed E-state index contributed by atoms with van der Waals surface area (Å²) in [4.78, 5) is 0. The van der Waals surface area contributed by atoms with Crippen LogP contribution in [0.1, 0.15) is 11.1 Å². The van der Waals surface area contributed by atoms with Gasteiger partial charge in [0.15, 0.2) is 5.82 Å². The lowest BCUT2D eigenvalue weighted by molar-refractivity contribution is 0.416. The molecule has 0 aliphatic rings. The molecular weight excluding hydrogens is 276 g/mol. The van der Waals surface area contributed by atoms with Gasteiger partial charge >= 0.3 is 0 Å². The first-order valence-electron chi connectivity index (χ1n) is 7.04. The second kappa shape index (κ2) is 5.52. The SMILES string of the molecule is COc1ccccc1-c1nnn(-c2c(C)cccc2C)c1N. The number of ether oxygens (including phenoxy) is 1. The average Bonchev–Trinajstić information content (AvgIpc) is 2.89. The highest BCUT2D eigenvalue weighted by atomic mass is 16.5. The minimum absolute atomic E-state index is 0.502. The number of hydrogen-bond donors (Lipinski definition) is 1. The van der Waals surface area contributed by atoms with Crippen LogP contribution >= 0.6 is 0 Å². The summed E-state index contributed by atoms with van der Waals surface area (Å²) in [6.07, 6.45) is 0. The minimum Gasteiger partial charge on any atom is -0.496 e. The van der Waals surface area contributed by atoms with Gasteiger partial charge in [0.1, 0.15) is 11.4 Å². The molecule has 0 bridgehead atoms. The second-order valence-electron chi connectivity index (χ2n) is 5.18. The molecule has 0 amide bonds. The number of hydrogen-bond acceptors (Lipinski definition) is 4. The van der Waals surface area contributed by atoms with Crippen LogP contribution in [-0.2, 0) is 0 Å². The second-order valence-corrected chi connectivity index (χ2v) is 5.18. The van der Waals surface area contributed by atoms with Gasteiger partial charge in [-0.2, -0.15) is 4.68 Å². The van der Waals surface area contributed by atoms with Gasteiger partial charge in [0.05, 0.1) is 12.8 Å². The fourth-order valence-electron chi connectivity index (χ4n) is 2.63. The highest BCUT2D eigenvalue weighted by molar-refractivity contribution is 5.76. The number of aryl methyl sites for hydroxylation is 2. The molecule has 5 heteroatoms. The summed E-state index contributed by atoms with van der Waals surface area (Å²) >= 11 is 0. The van der Waals surface area contributed by atoms with Crippen LogP contribution in [0.4, 0.5) is 5.82 Å². The van der Waals surface area contributed by atoms with Crippen LogP contribution in [0.15, 0.2) is 42.5 Å². The summed E-state index contributed by atoms with van der Waals surface area (Å²) in [6.45, 7) is 4.07. The zero-order valence-electron chi connectivity index (χ0n) is 12.9. The largest absolute Gasteiger partial charge is 0.496 e. The first kappa shape index (κ1) is 14.1. The molecule has 0 saturated heterocycles. The molecule has 112 valence electrons. The maximum Gasteiger partial charge on any atom is 0.156 e. The summed E-state index contributed by atoms with van der Waals surface area (Å²) in [5.74, 6) is 1.23. The molecule has 0 aliphatic heterocycles. The highest BCUT2D eigenvalue weighted by Crippen LogP contribution is 2.33. The molecule has 0 saturated carbocycles. The molecule has 3 aromatic rings. The molecule has 0 spiro atoms. The van der Waals surface area contributed by atoms with Crippen LogP contribution in [0.5, 0.6) is 5.75 Å². The number of para-hydroxylation sites is 2. The number of benzene rings is 2. The lowest BCUT2D eigenvalue weighted by Crippen LogP contribution is -2.06. The molecule has 2 aromatic carbocycles. The topological polar surface area (TPSA) is 66.0 Å². The van der Waals surface area contributed by atoms with Gasteiger partial charge in [-0.25, -0.2) is 0 Å². The predicted molar refractivity (Wildman–Crippen MR) is 87.2 cm³/mol. The molecule has 0 fully saturated rings. The van der Waals surface area contributed by atoms with Gasteiger partial charge in [-0.05, 0) is 37.1 Å². The van der Waals surface area contributed by atoms with Crippen molar-refractivity contribution in [3.05, 3.63) is 53.6 Å². The summed E-state index contributed by atoms with van der Waals surface area (Å²) in [5.41, 5.74) is 10.9. The van der Waals surface area contributed by atoms with Crippen LogP contribution in [0, 0.1) is 13.8 Å². The molecule has 5 nitrogen and oxygen atoms in total. The molecule has 1 heterocycles. The molecule has 3 rings (SSSR count). The number of methoxy groups -OCH3 is 1. The Labute approximate surface area is 129 Å². The third-order valence-corrected chi connectivity index (χ3v) is 3.72. The molecule has 22 heavy (non-hydrogen) atoms. The number of nitrogens with zero attached hydrogens (tertiary/aromatic N) is 3. The van der Waals surface area contributed by atoms with E-state index in [1.54, 1.807) is 11.8 Å². The van der Waals surface area contributed by atoms with Gasteiger partial charge in [0, 0.05) is 5.56 Å². The van der Waals surface area contributed by atoms with Crippen LogP contribution in [0.2, 0.25) is 0 Å². The highest BCUT2D eigenvalue weighted by Gasteiger charge is 2.18. The maximum atomic E-state index is 6.31. The lowest BCUT2D eigenvalue weighted by Gasteiger charge is -2.11. The van der Waals surface area contributed by atoms with Crippen molar-refractivity contribution in [2.45, 2.75) is 13.8 Å². The van der Waals surface area contributed by atoms with E-state index in [4.69, 9.17) is 10.5 Å². The minimum atomic E-state index is 0.502. The van der Waals surface area contributed by atoms with E-state index in [1.165, 1.54) is 0 Å². The van der Waals surface area contributed by atoms with Gasteiger partial charge in [-0.3, -0.25) is 0 Å². The molecule has 0 atom stereocenters. The Morgan fingerprint density at radius 1 is 1.00 bits per heavy atom. The van der Waals surface area contributed by atoms with Gasteiger partial charge < -0.3 is 10.5 Å². The van der Waals surface area contributed by atoms with Crippen LogP contribution < -0.4 is 10.5 Å². The van der Waals surface area contributed by atoms with Gasteiger partial charge in [0.25, 0.3) is 0 Å². The van der Waals surface area contributed by atoms with Crippen molar-refractivity contribution in [1.82, 2.24) is 15.0 Å². The predicted octanol–water partition coefficient (Wildman–Crippen LogP) is 3.14. The maximum absolute atomic E-state index is 6.31. The number of aromatic nitrogens is 3. The van der Waals surface area contributed by atoms with E-state index in [0.717, 1.165) is 28.1 Å². The van der Waals surface area contributed by atoms with E-state index in [-0.39, 0.29) is 0 Å². The number of nitrogens with two attached hydrogens (primary N) is 1. The third-order valence-electron chi connectivity index (χ3n) is 3.72. The standard InChI is InChI=1S/C17H18N4O/c1-11-7-6-8-12(2)16(11)21-17(18)15(19-20-21)13-9-4-5-10-14(13)22-3/h4-10H,18H2,1-3H3. The van der Waals surface area contributed by atoms with Gasteiger partial charge in [0.2, 0.25) is 0 Å². The fourth-order valence-corrected chi connectivity index (χ4v) is 2.63. The first-order chi connectivity index (χ1) is 10.6. The van der Waals surface area contributed by atoms with Crippen molar-refractivity contribution in [1.29, 1.82) is 0 Å². The van der Waals surface area contributed by atoms with Crippen LogP contribution in [0.3, 0.4) is 0 Å². The Hall–Kier alpha value is -2.82. The van der Waals surface area contributed by atoms with Crippen LogP contribution in [-0.4, -0.2) is 22.1 Å². The summed E-state index contributed by atoms with van der Waals surface area (Å²) in [7, 11) is 1.63. The van der Waals surface area contributed by atoms with Crippen molar-refractivity contribution in [3.63, 3.8) is 0 Å². The Morgan fingerprint density at radius 2 is 1.68 bits per heavy atom. The van der Waals surface area contributed by atoms with E-state index >= 15 is 0 Å².